The van der Waals surface area contributed by atoms with Crippen LogP contribution in [0.2, 0.25) is 0 Å². The van der Waals surface area contributed by atoms with Gasteiger partial charge in [-0.2, -0.15) is 0 Å². The molecule has 0 aromatic carbocycles. The summed E-state index contributed by atoms with van der Waals surface area (Å²) in [6.07, 6.45) is 14.1. The predicted octanol–water partition coefficient (Wildman–Crippen LogP) is 3.25. The largest absolute Gasteiger partial charge is 0.327 e. The number of nitrogens with two attached hydrogens (primary N) is 1. The Morgan fingerprint density at radius 2 is 2.21 bits per heavy atom. The maximum absolute atomic E-state index is 6.29. The number of rotatable bonds is 3. The van der Waals surface area contributed by atoms with E-state index in [-0.39, 0.29) is 0 Å². The molecule has 0 saturated heterocycles. The van der Waals surface area contributed by atoms with Crippen LogP contribution in [0, 0.1) is 11.3 Å². The van der Waals surface area contributed by atoms with Gasteiger partial charge in [0.05, 0.1) is 0 Å². The topological polar surface area (TPSA) is 26.0 Å². The fraction of sp³-hybridized carbons (Fsp3) is 0.846. The van der Waals surface area contributed by atoms with Gasteiger partial charge in [0.2, 0.25) is 0 Å². The van der Waals surface area contributed by atoms with Gasteiger partial charge in [0.1, 0.15) is 0 Å². The Balaban J connectivity index is 1.89. The second-order valence-electron chi connectivity index (χ2n) is 5.22. The summed E-state index contributed by atoms with van der Waals surface area (Å²) in [5.41, 5.74) is 6.73. The van der Waals surface area contributed by atoms with Crippen molar-refractivity contribution in [3.05, 3.63) is 12.2 Å². The normalized spacial score (nSPS) is 34.4. The average Bonchev–Trinajstić information content (AvgIpc) is 2.95. The summed E-state index contributed by atoms with van der Waals surface area (Å²) in [7, 11) is 0. The highest BCUT2D eigenvalue weighted by Gasteiger charge is 2.46. The van der Waals surface area contributed by atoms with Gasteiger partial charge >= 0.3 is 0 Å². The van der Waals surface area contributed by atoms with Crippen LogP contribution in [0.25, 0.3) is 0 Å². The van der Waals surface area contributed by atoms with Crippen molar-refractivity contribution < 1.29 is 0 Å². The second-order valence-corrected chi connectivity index (χ2v) is 5.22. The highest BCUT2D eigenvalue weighted by Crippen LogP contribution is 2.52. The first-order chi connectivity index (χ1) is 6.77. The lowest BCUT2D eigenvalue weighted by Crippen LogP contribution is -2.31. The monoisotopic (exact) mass is 193 g/mol. The van der Waals surface area contributed by atoms with Crippen molar-refractivity contribution in [2.24, 2.45) is 17.1 Å². The molecule has 1 nitrogen and oxygen atoms in total. The van der Waals surface area contributed by atoms with Gasteiger partial charge in [-0.05, 0) is 31.6 Å². The van der Waals surface area contributed by atoms with Crippen LogP contribution in [0.1, 0.15) is 51.9 Å². The van der Waals surface area contributed by atoms with E-state index in [0.717, 1.165) is 5.92 Å². The number of unbranched alkanes of at least 4 members (excludes halogenated alkanes) is 1. The molecule has 1 spiro atoms. The number of allylic oxidation sites excluding steroid dienone is 1. The summed E-state index contributed by atoms with van der Waals surface area (Å²) in [6, 6.07) is 0.447. The zero-order valence-corrected chi connectivity index (χ0v) is 9.34. The van der Waals surface area contributed by atoms with Gasteiger partial charge in [-0.15, -0.1) is 0 Å². The molecule has 1 unspecified atom stereocenters. The molecule has 0 amide bonds. The van der Waals surface area contributed by atoms with Gasteiger partial charge in [-0.3, -0.25) is 0 Å². The lowest BCUT2D eigenvalue weighted by atomic mass is 9.88. The first-order valence-corrected chi connectivity index (χ1v) is 6.20. The minimum atomic E-state index is 0.445. The van der Waals surface area contributed by atoms with Crippen LogP contribution in [0.5, 0.6) is 0 Å². The van der Waals surface area contributed by atoms with Crippen molar-refractivity contribution in [2.75, 3.05) is 0 Å². The van der Waals surface area contributed by atoms with E-state index in [1.54, 1.807) is 0 Å². The predicted molar refractivity (Wildman–Crippen MR) is 61.0 cm³/mol. The van der Waals surface area contributed by atoms with Gasteiger partial charge in [-0.1, -0.05) is 38.3 Å². The molecule has 14 heavy (non-hydrogen) atoms. The van der Waals surface area contributed by atoms with Crippen molar-refractivity contribution in [1.29, 1.82) is 0 Å². The summed E-state index contributed by atoms with van der Waals surface area (Å²) < 4.78 is 0. The fourth-order valence-electron chi connectivity index (χ4n) is 2.72. The van der Waals surface area contributed by atoms with Gasteiger partial charge in [0.15, 0.2) is 0 Å². The highest BCUT2D eigenvalue weighted by molar-refractivity contribution is 5.16. The van der Waals surface area contributed by atoms with Crippen molar-refractivity contribution in [3.63, 3.8) is 0 Å². The number of hydrogen-bond acceptors (Lipinski definition) is 1. The minimum absolute atomic E-state index is 0.445. The van der Waals surface area contributed by atoms with Gasteiger partial charge in [0.25, 0.3) is 0 Å². The third kappa shape index (κ3) is 2.03. The van der Waals surface area contributed by atoms with E-state index in [9.17, 15) is 0 Å². The lowest BCUT2D eigenvalue weighted by Gasteiger charge is -2.21. The van der Waals surface area contributed by atoms with Crippen molar-refractivity contribution in [3.8, 4) is 0 Å². The first kappa shape index (κ1) is 10.2. The molecule has 0 heterocycles. The van der Waals surface area contributed by atoms with Crippen LogP contribution >= 0.6 is 0 Å². The first-order valence-electron chi connectivity index (χ1n) is 6.20. The molecule has 1 saturated carbocycles. The quantitative estimate of drug-likeness (QED) is 0.684. The molecule has 2 aliphatic rings. The van der Waals surface area contributed by atoms with E-state index in [2.05, 4.69) is 19.1 Å². The average molecular weight is 193 g/mol. The lowest BCUT2D eigenvalue weighted by molar-refractivity contribution is 0.359. The summed E-state index contributed by atoms with van der Waals surface area (Å²) in [6.45, 7) is 2.27. The van der Waals surface area contributed by atoms with E-state index in [1.807, 2.05) is 0 Å². The Kier molecular flexibility index (Phi) is 2.96. The molecule has 2 aliphatic carbocycles. The van der Waals surface area contributed by atoms with E-state index >= 15 is 0 Å². The van der Waals surface area contributed by atoms with Crippen molar-refractivity contribution in [1.82, 2.24) is 0 Å². The maximum atomic E-state index is 6.29. The molecular formula is C13H23N. The molecule has 0 aromatic heterocycles. The molecule has 2 atom stereocenters. The minimum Gasteiger partial charge on any atom is -0.327 e. The van der Waals surface area contributed by atoms with E-state index in [1.165, 1.54) is 44.9 Å². The molecule has 0 radical (unpaired) electrons. The van der Waals surface area contributed by atoms with Crippen LogP contribution in [0.3, 0.4) is 0 Å². The van der Waals surface area contributed by atoms with Crippen molar-refractivity contribution >= 4 is 0 Å². The third-order valence-corrected chi connectivity index (χ3v) is 4.04. The molecule has 0 aliphatic heterocycles. The standard InChI is InChI=1S/C13H23N/c1-2-3-5-11-6-4-7-13(8-9-13)12(14)10-11/h4,7,11-12H,2-3,5-6,8-10,14H2,1H3/t11?,12-/m1/s1. The molecule has 0 aromatic rings. The molecule has 80 valence electrons. The van der Waals surface area contributed by atoms with Crippen LogP contribution in [-0.4, -0.2) is 6.04 Å². The smallest absolute Gasteiger partial charge is 0.0133 e. The summed E-state index contributed by atoms with van der Waals surface area (Å²) in [4.78, 5) is 0. The molecule has 1 heteroatoms. The summed E-state index contributed by atoms with van der Waals surface area (Å²) in [5, 5.41) is 0. The fourth-order valence-corrected chi connectivity index (χ4v) is 2.72. The Hall–Kier alpha value is -0.300. The van der Waals surface area contributed by atoms with Crippen LogP contribution in [0.15, 0.2) is 12.2 Å². The van der Waals surface area contributed by atoms with Crippen molar-refractivity contribution in [2.45, 2.75) is 57.9 Å². The molecule has 1 fully saturated rings. The van der Waals surface area contributed by atoms with Crippen LogP contribution < -0.4 is 5.73 Å². The second kappa shape index (κ2) is 4.06. The Morgan fingerprint density at radius 1 is 1.43 bits per heavy atom. The van der Waals surface area contributed by atoms with Crippen LogP contribution in [-0.2, 0) is 0 Å². The number of hydrogen-bond donors (Lipinski definition) is 1. The Bertz CT molecular complexity index is 215. The van der Waals surface area contributed by atoms with E-state index in [4.69, 9.17) is 5.73 Å². The van der Waals surface area contributed by atoms with Gasteiger partial charge < -0.3 is 5.73 Å². The Labute approximate surface area is 87.8 Å². The Morgan fingerprint density at radius 3 is 2.86 bits per heavy atom. The summed E-state index contributed by atoms with van der Waals surface area (Å²) >= 11 is 0. The molecule has 0 bridgehead atoms. The van der Waals surface area contributed by atoms with Gasteiger partial charge in [-0.25, -0.2) is 0 Å². The SMILES string of the molecule is CCCCC1CC=CC2(CC2)[C@H](N)C1. The third-order valence-electron chi connectivity index (χ3n) is 4.04. The summed E-state index contributed by atoms with van der Waals surface area (Å²) in [5.74, 6) is 0.862. The molecule has 2 rings (SSSR count). The van der Waals surface area contributed by atoms with Crippen LogP contribution in [0.4, 0.5) is 0 Å². The zero-order chi connectivity index (χ0) is 10.0. The van der Waals surface area contributed by atoms with E-state index in [0.29, 0.717) is 11.5 Å². The molecule has 2 N–H and O–H groups in total. The maximum Gasteiger partial charge on any atom is 0.0133 e. The van der Waals surface area contributed by atoms with E-state index < -0.39 is 0 Å². The zero-order valence-electron chi connectivity index (χ0n) is 9.34. The highest BCUT2D eigenvalue weighted by atomic mass is 14.7. The molecular weight excluding hydrogens is 170 g/mol. The van der Waals surface area contributed by atoms with Gasteiger partial charge in [0, 0.05) is 11.5 Å².